The van der Waals surface area contributed by atoms with Gasteiger partial charge in [-0.15, -0.1) is 0 Å². The van der Waals surface area contributed by atoms with Gasteiger partial charge in [0.15, 0.2) is 18.1 Å². The summed E-state index contributed by atoms with van der Waals surface area (Å²) in [7, 11) is 1.43. The van der Waals surface area contributed by atoms with Crippen LogP contribution in [0.25, 0.3) is 0 Å². The van der Waals surface area contributed by atoms with Crippen LogP contribution < -0.4 is 9.47 Å². The minimum absolute atomic E-state index is 0.248. The molecular weight excluding hydrogens is 274 g/mol. The maximum Gasteiger partial charge on any atom is 0.344 e. The van der Waals surface area contributed by atoms with Gasteiger partial charge in [0.25, 0.3) is 0 Å². The number of rotatable bonds is 6. The number of halogens is 1. The number of carbonyl (C=O) groups is 1. The quantitative estimate of drug-likeness (QED) is 0.375. The lowest BCUT2D eigenvalue weighted by molar-refractivity contribution is -0.145. The molecular formula is C12H14ClNO5. The van der Waals surface area contributed by atoms with Gasteiger partial charge < -0.3 is 19.4 Å². The molecule has 0 saturated carbocycles. The zero-order valence-corrected chi connectivity index (χ0v) is 11.3. The molecule has 1 rings (SSSR count). The van der Waals surface area contributed by atoms with Gasteiger partial charge in [0.1, 0.15) is 0 Å². The van der Waals surface area contributed by atoms with E-state index in [9.17, 15) is 4.79 Å². The normalized spacial score (nSPS) is 10.5. The van der Waals surface area contributed by atoms with Gasteiger partial charge in [-0.05, 0) is 13.0 Å². The standard InChI is InChI=1S/C12H14ClNO5/c1-3-18-11(15)7-19-12-8(6-14-16)4-9(13)5-10(12)17-2/h4-6,16H,3,7H2,1-2H3. The Hall–Kier alpha value is -1.95. The molecule has 0 unspecified atom stereocenters. The second kappa shape index (κ2) is 7.48. The first-order valence-electron chi connectivity index (χ1n) is 5.45. The number of benzene rings is 1. The van der Waals surface area contributed by atoms with Crippen molar-refractivity contribution in [2.24, 2.45) is 5.16 Å². The molecule has 0 aliphatic heterocycles. The van der Waals surface area contributed by atoms with Crippen LogP contribution in [0.5, 0.6) is 11.5 Å². The van der Waals surface area contributed by atoms with Crippen LogP contribution in [-0.2, 0) is 9.53 Å². The number of ether oxygens (including phenoxy) is 3. The van der Waals surface area contributed by atoms with Crippen molar-refractivity contribution in [1.29, 1.82) is 0 Å². The van der Waals surface area contributed by atoms with Gasteiger partial charge >= 0.3 is 5.97 Å². The van der Waals surface area contributed by atoms with Gasteiger partial charge in [-0.2, -0.15) is 0 Å². The van der Waals surface area contributed by atoms with Gasteiger partial charge in [0.05, 0.1) is 19.9 Å². The number of methoxy groups -OCH3 is 1. The minimum atomic E-state index is -0.508. The van der Waals surface area contributed by atoms with Gasteiger partial charge in [-0.1, -0.05) is 16.8 Å². The second-order valence-electron chi connectivity index (χ2n) is 3.36. The third-order valence-corrected chi connectivity index (χ3v) is 2.32. The van der Waals surface area contributed by atoms with Crippen LogP contribution in [0.4, 0.5) is 0 Å². The molecule has 0 aliphatic rings. The predicted octanol–water partition coefficient (Wildman–Crippen LogP) is 2.10. The van der Waals surface area contributed by atoms with Crippen molar-refractivity contribution in [3.05, 3.63) is 22.7 Å². The van der Waals surface area contributed by atoms with Crippen LogP contribution >= 0.6 is 11.6 Å². The largest absolute Gasteiger partial charge is 0.493 e. The number of nitrogens with zero attached hydrogens (tertiary/aromatic N) is 1. The Balaban J connectivity index is 2.99. The number of oxime groups is 1. The maximum absolute atomic E-state index is 11.3. The molecule has 0 fully saturated rings. The summed E-state index contributed by atoms with van der Waals surface area (Å²) in [6.07, 6.45) is 1.13. The Labute approximate surface area is 115 Å². The van der Waals surface area contributed by atoms with Crippen molar-refractivity contribution < 1.29 is 24.2 Å². The lowest BCUT2D eigenvalue weighted by atomic mass is 10.2. The fraction of sp³-hybridized carbons (Fsp3) is 0.333. The fourth-order valence-electron chi connectivity index (χ4n) is 1.39. The van der Waals surface area contributed by atoms with Crippen molar-refractivity contribution in [1.82, 2.24) is 0 Å². The molecule has 19 heavy (non-hydrogen) atoms. The number of hydrogen-bond acceptors (Lipinski definition) is 6. The molecule has 1 aromatic rings. The number of hydrogen-bond donors (Lipinski definition) is 1. The third kappa shape index (κ3) is 4.33. The summed E-state index contributed by atoms with van der Waals surface area (Å²) in [6, 6.07) is 3.04. The van der Waals surface area contributed by atoms with Crippen LogP contribution in [0.2, 0.25) is 5.02 Å². The van der Waals surface area contributed by atoms with E-state index in [2.05, 4.69) is 5.16 Å². The molecule has 0 aliphatic carbocycles. The first-order valence-corrected chi connectivity index (χ1v) is 5.83. The molecule has 0 saturated heterocycles. The summed E-state index contributed by atoms with van der Waals surface area (Å²) in [4.78, 5) is 11.3. The highest BCUT2D eigenvalue weighted by Crippen LogP contribution is 2.33. The fourth-order valence-corrected chi connectivity index (χ4v) is 1.60. The molecule has 104 valence electrons. The molecule has 7 heteroatoms. The Morgan fingerprint density at radius 2 is 2.26 bits per heavy atom. The Kier molecular flexibility index (Phi) is 5.95. The molecule has 0 spiro atoms. The number of esters is 1. The Morgan fingerprint density at radius 3 is 2.84 bits per heavy atom. The van der Waals surface area contributed by atoms with E-state index in [0.29, 0.717) is 16.3 Å². The topological polar surface area (TPSA) is 77.4 Å². The van der Waals surface area contributed by atoms with E-state index in [0.717, 1.165) is 6.21 Å². The van der Waals surface area contributed by atoms with Crippen molar-refractivity contribution >= 4 is 23.8 Å². The van der Waals surface area contributed by atoms with Crippen molar-refractivity contribution in [2.45, 2.75) is 6.92 Å². The molecule has 6 nitrogen and oxygen atoms in total. The first kappa shape index (κ1) is 15.1. The summed E-state index contributed by atoms with van der Waals surface area (Å²) in [6.45, 7) is 1.69. The van der Waals surface area contributed by atoms with Crippen LogP contribution in [0.15, 0.2) is 17.3 Å². The zero-order valence-electron chi connectivity index (χ0n) is 10.6. The highest BCUT2D eigenvalue weighted by atomic mass is 35.5. The minimum Gasteiger partial charge on any atom is -0.493 e. The summed E-state index contributed by atoms with van der Waals surface area (Å²) >= 11 is 5.88. The monoisotopic (exact) mass is 287 g/mol. The van der Waals surface area contributed by atoms with Crippen molar-refractivity contribution in [3.63, 3.8) is 0 Å². The zero-order chi connectivity index (χ0) is 14.3. The van der Waals surface area contributed by atoms with Gasteiger partial charge in [0, 0.05) is 16.7 Å². The van der Waals surface area contributed by atoms with E-state index in [4.69, 9.17) is 31.0 Å². The highest BCUT2D eigenvalue weighted by molar-refractivity contribution is 6.31. The molecule has 0 heterocycles. The average molecular weight is 288 g/mol. The SMILES string of the molecule is CCOC(=O)COc1c(C=NO)cc(Cl)cc1OC. The molecule has 0 radical (unpaired) electrons. The van der Waals surface area contributed by atoms with E-state index in [1.165, 1.54) is 19.2 Å². The van der Waals surface area contributed by atoms with E-state index >= 15 is 0 Å². The third-order valence-electron chi connectivity index (χ3n) is 2.10. The molecule has 1 N–H and O–H groups in total. The Morgan fingerprint density at radius 1 is 1.53 bits per heavy atom. The van der Waals surface area contributed by atoms with Gasteiger partial charge in [-0.3, -0.25) is 0 Å². The van der Waals surface area contributed by atoms with Crippen LogP contribution in [-0.4, -0.2) is 37.7 Å². The van der Waals surface area contributed by atoms with Crippen molar-refractivity contribution in [3.8, 4) is 11.5 Å². The van der Waals surface area contributed by atoms with E-state index in [1.807, 2.05) is 0 Å². The van der Waals surface area contributed by atoms with E-state index < -0.39 is 5.97 Å². The lowest BCUT2D eigenvalue weighted by Crippen LogP contribution is -2.15. The molecule has 0 atom stereocenters. The molecule has 0 aromatic heterocycles. The predicted molar refractivity (Wildman–Crippen MR) is 69.5 cm³/mol. The number of carbonyl (C=O) groups excluding carboxylic acids is 1. The van der Waals surface area contributed by atoms with E-state index in [1.54, 1.807) is 6.92 Å². The van der Waals surface area contributed by atoms with Gasteiger partial charge in [0.2, 0.25) is 0 Å². The second-order valence-corrected chi connectivity index (χ2v) is 3.80. The maximum atomic E-state index is 11.3. The first-order chi connectivity index (χ1) is 9.12. The highest BCUT2D eigenvalue weighted by Gasteiger charge is 2.14. The summed E-state index contributed by atoms with van der Waals surface area (Å²) in [5, 5.41) is 11.9. The van der Waals surface area contributed by atoms with Gasteiger partial charge in [-0.25, -0.2) is 4.79 Å². The summed E-state index contributed by atoms with van der Waals surface area (Å²) in [5.41, 5.74) is 0.385. The molecule has 1 aromatic carbocycles. The van der Waals surface area contributed by atoms with Crippen LogP contribution in [0, 0.1) is 0 Å². The summed E-state index contributed by atoms with van der Waals surface area (Å²) < 4.78 is 15.2. The molecule has 0 amide bonds. The lowest BCUT2D eigenvalue weighted by Gasteiger charge is -2.13. The smallest absolute Gasteiger partial charge is 0.344 e. The van der Waals surface area contributed by atoms with E-state index in [-0.39, 0.29) is 19.0 Å². The summed E-state index contributed by atoms with van der Waals surface area (Å²) in [5.74, 6) is 0.0656. The van der Waals surface area contributed by atoms with Crippen molar-refractivity contribution in [2.75, 3.05) is 20.3 Å². The molecule has 0 bridgehead atoms. The van der Waals surface area contributed by atoms with Crippen LogP contribution in [0.3, 0.4) is 0 Å². The average Bonchev–Trinajstić information content (AvgIpc) is 2.37. The van der Waals surface area contributed by atoms with Crippen LogP contribution in [0.1, 0.15) is 12.5 Å². The Bertz CT molecular complexity index is 475.